The van der Waals surface area contributed by atoms with E-state index in [1.165, 1.54) is 7.11 Å². The van der Waals surface area contributed by atoms with Gasteiger partial charge in [-0.1, -0.05) is 26.0 Å². The fourth-order valence-corrected chi connectivity index (χ4v) is 1.91. The number of amides is 1. The third kappa shape index (κ3) is 4.66. The Morgan fingerprint density at radius 2 is 2.05 bits per heavy atom. The zero-order valence-corrected chi connectivity index (χ0v) is 12.2. The Balaban J connectivity index is 2.81. The van der Waals surface area contributed by atoms with Crippen molar-refractivity contribution in [2.75, 3.05) is 7.11 Å². The van der Waals surface area contributed by atoms with Gasteiger partial charge in [0, 0.05) is 12.1 Å². The van der Waals surface area contributed by atoms with E-state index in [0.717, 1.165) is 5.56 Å². The molecule has 0 heterocycles. The molecule has 1 rings (SSSR count). The first kappa shape index (κ1) is 16.2. The Kier molecular flexibility index (Phi) is 6.18. The lowest BCUT2D eigenvalue weighted by molar-refractivity contribution is -0.143. The third-order valence-electron chi connectivity index (χ3n) is 2.92. The van der Waals surface area contributed by atoms with Gasteiger partial charge in [0.05, 0.1) is 7.11 Å². The summed E-state index contributed by atoms with van der Waals surface area (Å²) in [5.41, 5.74) is 6.91. The van der Waals surface area contributed by atoms with Crippen LogP contribution in [0.15, 0.2) is 24.3 Å². The second-order valence-corrected chi connectivity index (χ2v) is 5.08. The molecule has 5 heteroatoms. The number of ether oxygens (including phenoxy) is 1. The van der Waals surface area contributed by atoms with Crippen LogP contribution in [-0.2, 0) is 16.1 Å². The first-order valence-corrected chi connectivity index (χ1v) is 6.65. The molecule has 0 aliphatic rings. The molecule has 1 unspecified atom stereocenters. The van der Waals surface area contributed by atoms with Crippen LogP contribution in [-0.4, -0.2) is 25.0 Å². The summed E-state index contributed by atoms with van der Waals surface area (Å²) in [6, 6.07) is 6.40. The Labute approximate surface area is 119 Å². The van der Waals surface area contributed by atoms with Crippen LogP contribution in [0.25, 0.3) is 0 Å². The molecule has 1 atom stereocenters. The van der Waals surface area contributed by atoms with Gasteiger partial charge in [-0.05, 0) is 30.0 Å². The van der Waals surface area contributed by atoms with Crippen molar-refractivity contribution >= 4 is 11.9 Å². The number of hydrogen-bond donors (Lipinski definition) is 2. The molecule has 20 heavy (non-hydrogen) atoms. The zero-order valence-electron chi connectivity index (χ0n) is 12.2. The van der Waals surface area contributed by atoms with E-state index in [-0.39, 0.29) is 11.8 Å². The molecule has 0 aromatic heterocycles. The average molecular weight is 278 g/mol. The molecule has 0 spiro atoms. The van der Waals surface area contributed by atoms with E-state index in [0.29, 0.717) is 18.5 Å². The molecule has 0 radical (unpaired) electrons. The van der Waals surface area contributed by atoms with Gasteiger partial charge < -0.3 is 15.8 Å². The average Bonchev–Trinajstić information content (AvgIpc) is 2.45. The fourth-order valence-electron chi connectivity index (χ4n) is 1.91. The molecule has 3 N–H and O–H groups in total. The summed E-state index contributed by atoms with van der Waals surface area (Å²) >= 11 is 0. The van der Waals surface area contributed by atoms with Crippen molar-refractivity contribution in [1.29, 1.82) is 0 Å². The van der Waals surface area contributed by atoms with Crippen LogP contribution in [0.4, 0.5) is 0 Å². The SMILES string of the molecule is COC(=O)C(CC(C)C)NC(=O)c1cccc(CN)c1. The Bertz CT molecular complexity index is 472. The summed E-state index contributed by atoms with van der Waals surface area (Å²) < 4.78 is 4.72. The van der Waals surface area contributed by atoms with Crippen molar-refractivity contribution in [2.24, 2.45) is 11.7 Å². The van der Waals surface area contributed by atoms with Crippen LogP contribution >= 0.6 is 0 Å². The van der Waals surface area contributed by atoms with E-state index in [9.17, 15) is 9.59 Å². The maximum atomic E-state index is 12.2. The van der Waals surface area contributed by atoms with Gasteiger partial charge in [-0.15, -0.1) is 0 Å². The number of benzene rings is 1. The molecule has 1 amide bonds. The van der Waals surface area contributed by atoms with Crippen LogP contribution in [0.1, 0.15) is 36.2 Å². The Hall–Kier alpha value is -1.88. The minimum absolute atomic E-state index is 0.273. The summed E-state index contributed by atoms with van der Waals surface area (Å²) in [4.78, 5) is 23.8. The summed E-state index contributed by atoms with van der Waals surface area (Å²) in [6.45, 7) is 4.34. The molecule has 1 aromatic rings. The topological polar surface area (TPSA) is 81.4 Å². The lowest BCUT2D eigenvalue weighted by Gasteiger charge is -2.18. The van der Waals surface area contributed by atoms with Crippen LogP contribution in [0, 0.1) is 5.92 Å². The second-order valence-electron chi connectivity index (χ2n) is 5.08. The van der Waals surface area contributed by atoms with Crippen molar-refractivity contribution in [1.82, 2.24) is 5.32 Å². The third-order valence-corrected chi connectivity index (χ3v) is 2.92. The van der Waals surface area contributed by atoms with Gasteiger partial charge in [0.15, 0.2) is 0 Å². The number of hydrogen-bond acceptors (Lipinski definition) is 4. The summed E-state index contributed by atoms with van der Waals surface area (Å²) in [7, 11) is 1.32. The first-order chi connectivity index (χ1) is 9.47. The monoisotopic (exact) mass is 278 g/mol. The zero-order chi connectivity index (χ0) is 15.1. The number of carbonyl (C=O) groups excluding carboxylic acids is 2. The molecule has 0 fully saturated rings. The van der Waals surface area contributed by atoms with Crippen molar-refractivity contribution in [2.45, 2.75) is 32.9 Å². The van der Waals surface area contributed by atoms with Gasteiger partial charge in [0.2, 0.25) is 0 Å². The van der Waals surface area contributed by atoms with Gasteiger partial charge in [-0.25, -0.2) is 4.79 Å². The number of nitrogens with two attached hydrogens (primary N) is 1. The molecule has 0 aliphatic heterocycles. The Morgan fingerprint density at radius 3 is 2.60 bits per heavy atom. The predicted molar refractivity (Wildman–Crippen MR) is 77.1 cm³/mol. The highest BCUT2D eigenvalue weighted by Gasteiger charge is 2.23. The van der Waals surface area contributed by atoms with Crippen LogP contribution < -0.4 is 11.1 Å². The highest BCUT2D eigenvalue weighted by atomic mass is 16.5. The molecule has 0 saturated heterocycles. The summed E-state index contributed by atoms with van der Waals surface area (Å²) in [6.07, 6.45) is 0.537. The summed E-state index contributed by atoms with van der Waals surface area (Å²) in [5, 5.41) is 2.71. The summed E-state index contributed by atoms with van der Waals surface area (Å²) in [5.74, 6) is -0.451. The van der Waals surface area contributed by atoms with E-state index in [1.54, 1.807) is 18.2 Å². The maximum absolute atomic E-state index is 12.2. The number of rotatable bonds is 6. The van der Waals surface area contributed by atoms with E-state index in [1.807, 2.05) is 19.9 Å². The quantitative estimate of drug-likeness (QED) is 0.772. The van der Waals surface area contributed by atoms with Crippen LogP contribution in [0.3, 0.4) is 0 Å². The van der Waals surface area contributed by atoms with Crippen molar-refractivity contribution in [3.05, 3.63) is 35.4 Å². The van der Waals surface area contributed by atoms with E-state index in [4.69, 9.17) is 10.5 Å². The van der Waals surface area contributed by atoms with Gasteiger partial charge in [-0.3, -0.25) is 4.79 Å². The second kappa shape index (κ2) is 7.65. The number of esters is 1. The van der Waals surface area contributed by atoms with Gasteiger partial charge in [0.25, 0.3) is 5.91 Å². The largest absolute Gasteiger partial charge is 0.467 e. The van der Waals surface area contributed by atoms with E-state index >= 15 is 0 Å². The maximum Gasteiger partial charge on any atom is 0.328 e. The van der Waals surface area contributed by atoms with Crippen molar-refractivity contribution in [3.8, 4) is 0 Å². The lowest BCUT2D eigenvalue weighted by Crippen LogP contribution is -2.42. The highest BCUT2D eigenvalue weighted by Crippen LogP contribution is 2.09. The van der Waals surface area contributed by atoms with Crippen LogP contribution in [0.2, 0.25) is 0 Å². The van der Waals surface area contributed by atoms with E-state index in [2.05, 4.69) is 5.32 Å². The number of methoxy groups -OCH3 is 1. The molecule has 0 aliphatic carbocycles. The number of nitrogens with one attached hydrogen (secondary N) is 1. The Morgan fingerprint density at radius 1 is 1.35 bits per heavy atom. The minimum Gasteiger partial charge on any atom is -0.467 e. The molecule has 110 valence electrons. The molecular weight excluding hydrogens is 256 g/mol. The lowest BCUT2D eigenvalue weighted by atomic mass is 10.0. The molecule has 0 bridgehead atoms. The standard InChI is InChI=1S/C15H22N2O3/c1-10(2)7-13(15(19)20-3)17-14(18)12-6-4-5-11(8-12)9-16/h4-6,8,10,13H,7,9,16H2,1-3H3,(H,17,18). The minimum atomic E-state index is -0.631. The molecule has 5 nitrogen and oxygen atoms in total. The first-order valence-electron chi connectivity index (χ1n) is 6.65. The smallest absolute Gasteiger partial charge is 0.328 e. The predicted octanol–water partition coefficient (Wildman–Crippen LogP) is 1.46. The molecule has 0 saturated carbocycles. The fraction of sp³-hybridized carbons (Fsp3) is 0.467. The van der Waals surface area contributed by atoms with Gasteiger partial charge >= 0.3 is 5.97 Å². The van der Waals surface area contributed by atoms with Crippen LogP contribution in [0.5, 0.6) is 0 Å². The normalized spacial score (nSPS) is 12.1. The van der Waals surface area contributed by atoms with Crippen molar-refractivity contribution < 1.29 is 14.3 Å². The number of carbonyl (C=O) groups is 2. The van der Waals surface area contributed by atoms with Gasteiger partial charge in [0.1, 0.15) is 6.04 Å². The molecule has 1 aromatic carbocycles. The van der Waals surface area contributed by atoms with E-state index < -0.39 is 12.0 Å². The van der Waals surface area contributed by atoms with Crippen molar-refractivity contribution in [3.63, 3.8) is 0 Å². The van der Waals surface area contributed by atoms with Gasteiger partial charge in [-0.2, -0.15) is 0 Å². The molecular formula is C15H22N2O3. The highest BCUT2D eigenvalue weighted by molar-refractivity contribution is 5.96.